The van der Waals surface area contributed by atoms with E-state index < -0.39 is 0 Å². The molecule has 0 saturated carbocycles. The summed E-state index contributed by atoms with van der Waals surface area (Å²) in [5.74, 6) is 0.768. The standard InChI is InChI=1S/C14H12N4/c1-11-15-9-12(10-16-11)14-7-8-17-18(14)13-5-3-2-4-6-13/h2-10H,1H3. The third-order valence-electron chi connectivity index (χ3n) is 2.72. The van der Waals surface area contributed by atoms with E-state index in [0.717, 1.165) is 22.8 Å². The molecule has 0 saturated heterocycles. The van der Waals surface area contributed by atoms with Crippen LogP contribution in [0, 0.1) is 6.92 Å². The maximum atomic E-state index is 4.35. The van der Waals surface area contributed by atoms with E-state index in [-0.39, 0.29) is 0 Å². The monoisotopic (exact) mass is 236 g/mol. The first-order valence-corrected chi connectivity index (χ1v) is 5.73. The third-order valence-corrected chi connectivity index (χ3v) is 2.72. The van der Waals surface area contributed by atoms with Crippen LogP contribution in [0.4, 0.5) is 0 Å². The van der Waals surface area contributed by atoms with Crippen LogP contribution >= 0.6 is 0 Å². The van der Waals surface area contributed by atoms with Gasteiger partial charge in [-0.3, -0.25) is 0 Å². The summed E-state index contributed by atoms with van der Waals surface area (Å²) in [5.41, 5.74) is 2.97. The highest BCUT2D eigenvalue weighted by atomic mass is 15.3. The summed E-state index contributed by atoms with van der Waals surface area (Å²) in [6.45, 7) is 1.87. The largest absolute Gasteiger partial charge is 0.241 e. The molecule has 0 atom stereocenters. The van der Waals surface area contributed by atoms with E-state index in [2.05, 4.69) is 15.1 Å². The fourth-order valence-corrected chi connectivity index (χ4v) is 1.82. The summed E-state index contributed by atoms with van der Waals surface area (Å²) >= 11 is 0. The molecule has 2 heterocycles. The number of aromatic nitrogens is 4. The van der Waals surface area contributed by atoms with E-state index in [9.17, 15) is 0 Å². The first kappa shape index (κ1) is 10.7. The van der Waals surface area contributed by atoms with Crippen LogP contribution in [-0.4, -0.2) is 19.7 Å². The Morgan fingerprint density at radius 2 is 1.67 bits per heavy atom. The summed E-state index contributed by atoms with van der Waals surface area (Å²) in [7, 11) is 0. The molecule has 0 bridgehead atoms. The lowest BCUT2D eigenvalue weighted by Crippen LogP contribution is -1.99. The van der Waals surface area contributed by atoms with Crippen molar-refractivity contribution < 1.29 is 0 Å². The number of para-hydroxylation sites is 1. The summed E-state index contributed by atoms with van der Waals surface area (Å²) in [5, 5.41) is 4.35. The molecule has 18 heavy (non-hydrogen) atoms. The minimum Gasteiger partial charge on any atom is -0.241 e. The normalized spacial score (nSPS) is 10.5. The van der Waals surface area contributed by atoms with Gasteiger partial charge in [-0.25, -0.2) is 14.6 Å². The summed E-state index contributed by atoms with van der Waals surface area (Å²) in [6.07, 6.45) is 5.42. The minimum atomic E-state index is 0.768. The lowest BCUT2D eigenvalue weighted by atomic mass is 10.2. The maximum absolute atomic E-state index is 4.35. The molecule has 4 heteroatoms. The highest BCUT2D eigenvalue weighted by Gasteiger charge is 2.07. The van der Waals surface area contributed by atoms with Crippen molar-refractivity contribution in [3.05, 3.63) is 60.8 Å². The molecular formula is C14H12N4. The fraction of sp³-hybridized carbons (Fsp3) is 0.0714. The van der Waals surface area contributed by atoms with Crippen molar-refractivity contribution in [3.63, 3.8) is 0 Å². The van der Waals surface area contributed by atoms with E-state index in [1.165, 1.54) is 0 Å². The van der Waals surface area contributed by atoms with E-state index in [4.69, 9.17) is 0 Å². The van der Waals surface area contributed by atoms with Crippen LogP contribution < -0.4 is 0 Å². The van der Waals surface area contributed by atoms with E-state index in [1.54, 1.807) is 6.20 Å². The predicted octanol–water partition coefficient (Wildman–Crippen LogP) is 2.64. The average Bonchev–Trinajstić information content (AvgIpc) is 2.90. The van der Waals surface area contributed by atoms with Crippen LogP contribution in [0.3, 0.4) is 0 Å². The molecule has 0 amide bonds. The van der Waals surface area contributed by atoms with E-state index >= 15 is 0 Å². The molecule has 2 aromatic heterocycles. The van der Waals surface area contributed by atoms with Gasteiger partial charge in [0.15, 0.2) is 0 Å². The highest BCUT2D eigenvalue weighted by molar-refractivity contribution is 5.59. The first-order chi connectivity index (χ1) is 8.84. The number of nitrogens with zero attached hydrogens (tertiary/aromatic N) is 4. The lowest BCUT2D eigenvalue weighted by molar-refractivity contribution is 0.885. The van der Waals surface area contributed by atoms with Gasteiger partial charge in [-0.2, -0.15) is 5.10 Å². The molecule has 0 aliphatic carbocycles. The molecule has 3 rings (SSSR count). The molecule has 0 fully saturated rings. The van der Waals surface area contributed by atoms with Crippen LogP contribution in [0.25, 0.3) is 16.9 Å². The Kier molecular flexibility index (Phi) is 2.61. The van der Waals surface area contributed by atoms with Crippen molar-refractivity contribution in [1.29, 1.82) is 0 Å². The Bertz CT molecular complexity index is 641. The van der Waals surface area contributed by atoms with Crippen LogP contribution in [0.1, 0.15) is 5.82 Å². The molecule has 0 spiro atoms. The molecule has 3 aromatic rings. The van der Waals surface area contributed by atoms with Crippen LogP contribution in [0.15, 0.2) is 55.0 Å². The third kappa shape index (κ3) is 1.88. The number of benzene rings is 1. The smallest absolute Gasteiger partial charge is 0.125 e. The SMILES string of the molecule is Cc1ncc(-c2ccnn2-c2ccccc2)cn1. The van der Waals surface area contributed by atoms with E-state index in [1.807, 2.05) is 60.4 Å². The Morgan fingerprint density at radius 3 is 2.39 bits per heavy atom. The maximum Gasteiger partial charge on any atom is 0.125 e. The molecule has 4 nitrogen and oxygen atoms in total. The van der Waals surface area contributed by atoms with Gasteiger partial charge in [0, 0.05) is 18.0 Å². The molecule has 0 aliphatic heterocycles. The van der Waals surface area contributed by atoms with Crippen LogP contribution in [0.5, 0.6) is 0 Å². The topological polar surface area (TPSA) is 43.6 Å². The molecule has 0 radical (unpaired) electrons. The van der Waals surface area contributed by atoms with Crippen molar-refractivity contribution >= 4 is 0 Å². The number of aryl methyl sites for hydroxylation is 1. The molecule has 88 valence electrons. The van der Waals surface area contributed by atoms with Gasteiger partial charge in [0.2, 0.25) is 0 Å². The zero-order chi connectivity index (χ0) is 12.4. The quantitative estimate of drug-likeness (QED) is 0.687. The Hall–Kier alpha value is -2.49. The van der Waals surface area contributed by atoms with Crippen molar-refractivity contribution in [1.82, 2.24) is 19.7 Å². The summed E-state index contributed by atoms with van der Waals surface area (Å²) in [6, 6.07) is 12.0. The van der Waals surface area contributed by atoms with Crippen molar-refractivity contribution in [2.75, 3.05) is 0 Å². The van der Waals surface area contributed by atoms with Crippen molar-refractivity contribution in [2.45, 2.75) is 6.92 Å². The Labute approximate surface area is 105 Å². The van der Waals surface area contributed by atoms with E-state index in [0.29, 0.717) is 0 Å². The lowest BCUT2D eigenvalue weighted by Gasteiger charge is -2.06. The Balaban J connectivity index is 2.10. The first-order valence-electron chi connectivity index (χ1n) is 5.73. The average molecular weight is 236 g/mol. The van der Waals surface area contributed by atoms with Gasteiger partial charge >= 0.3 is 0 Å². The molecule has 0 aliphatic rings. The second-order valence-corrected chi connectivity index (χ2v) is 3.98. The zero-order valence-electron chi connectivity index (χ0n) is 9.99. The van der Waals surface area contributed by atoms with Gasteiger partial charge in [0.25, 0.3) is 0 Å². The zero-order valence-corrected chi connectivity index (χ0v) is 9.99. The van der Waals surface area contributed by atoms with Gasteiger partial charge < -0.3 is 0 Å². The van der Waals surface area contributed by atoms with Gasteiger partial charge in [0.1, 0.15) is 5.82 Å². The fourth-order valence-electron chi connectivity index (χ4n) is 1.82. The van der Waals surface area contributed by atoms with Gasteiger partial charge in [-0.1, -0.05) is 18.2 Å². The van der Waals surface area contributed by atoms with Crippen LogP contribution in [-0.2, 0) is 0 Å². The Morgan fingerprint density at radius 1 is 0.944 bits per heavy atom. The second kappa shape index (κ2) is 4.41. The molecule has 0 N–H and O–H groups in total. The van der Waals surface area contributed by atoms with Crippen molar-refractivity contribution in [3.8, 4) is 16.9 Å². The van der Waals surface area contributed by atoms with Gasteiger partial charge in [-0.05, 0) is 25.1 Å². The molecule has 0 unspecified atom stereocenters. The summed E-state index contributed by atoms with van der Waals surface area (Å²) < 4.78 is 1.88. The van der Waals surface area contributed by atoms with Crippen molar-refractivity contribution in [2.24, 2.45) is 0 Å². The predicted molar refractivity (Wildman–Crippen MR) is 69.3 cm³/mol. The van der Waals surface area contributed by atoms with Gasteiger partial charge in [0.05, 0.1) is 17.6 Å². The highest BCUT2D eigenvalue weighted by Crippen LogP contribution is 2.20. The number of hydrogen-bond acceptors (Lipinski definition) is 3. The van der Waals surface area contributed by atoms with Crippen LogP contribution in [0.2, 0.25) is 0 Å². The number of rotatable bonds is 2. The van der Waals surface area contributed by atoms with Gasteiger partial charge in [-0.15, -0.1) is 0 Å². The summed E-state index contributed by atoms with van der Waals surface area (Å²) in [4.78, 5) is 8.44. The molecular weight excluding hydrogens is 224 g/mol. The molecule has 1 aromatic carbocycles. The number of hydrogen-bond donors (Lipinski definition) is 0. The minimum absolute atomic E-state index is 0.768. The second-order valence-electron chi connectivity index (χ2n) is 3.98.